The average molecular weight is 456 g/mol. The number of amidine groups is 1. The fraction of sp³-hybridized carbons (Fsp3) is 0.417. The first-order valence-corrected chi connectivity index (χ1v) is 11.6. The Bertz CT molecular complexity index is 868. The van der Waals surface area contributed by atoms with Crippen molar-refractivity contribution >= 4 is 21.1 Å². The second-order valence-electron chi connectivity index (χ2n) is 8.31. The summed E-state index contributed by atoms with van der Waals surface area (Å²) in [6.07, 6.45) is 4.08. The summed E-state index contributed by atoms with van der Waals surface area (Å²) in [7, 11) is 2.76. The van der Waals surface area contributed by atoms with Crippen LogP contribution in [-0.4, -0.2) is 35.5 Å². The van der Waals surface area contributed by atoms with Crippen LogP contribution in [0.1, 0.15) is 42.4 Å². The van der Waals surface area contributed by atoms with E-state index in [1.807, 2.05) is 54.6 Å². The van der Waals surface area contributed by atoms with Crippen molar-refractivity contribution < 1.29 is 9.63 Å². The molecule has 172 valence electrons. The maximum Gasteiger partial charge on any atom is 0.237 e. The van der Waals surface area contributed by atoms with Gasteiger partial charge in [-0.15, -0.1) is 0 Å². The van der Waals surface area contributed by atoms with Crippen LogP contribution in [-0.2, 0) is 22.8 Å². The van der Waals surface area contributed by atoms with Crippen molar-refractivity contribution in [3.63, 3.8) is 0 Å². The number of amides is 1. The minimum Gasteiger partial charge on any atom is -0.389 e. The number of hydrogen-bond donors (Lipinski definition) is 3. The largest absolute Gasteiger partial charge is 0.389 e. The van der Waals surface area contributed by atoms with Crippen LogP contribution in [0, 0.1) is 5.92 Å². The first-order chi connectivity index (χ1) is 15.5. The summed E-state index contributed by atoms with van der Waals surface area (Å²) >= 11 is 0. The van der Waals surface area contributed by atoms with Crippen molar-refractivity contribution in [2.24, 2.45) is 22.5 Å². The number of oxime groups is 1. The molecular formula is C24H34N5O2P. The number of rotatable bonds is 10. The molecule has 1 aliphatic rings. The second kappa shape index (κ2) is 12.5. The van der Waals surface area contributed by atoms with Gasteiger partial charge in [0, 0.05) is 25.2 Å². The van der Waals surface area contributed by atoms with Gasteiger partial charge in [-0.05, 0) is 42.7 Å². The van der Waals surface area contributed by atoms with Gasteiger partial charge in [0.15, 0.2) is 5.84 Å². The fourth-order valence-electron chi connectivity index (χ4n) is 3.70. The fourth-order valence-corrected chi connectivity index (χ4v) is 4.00. The Hall–Kier alpha value is -2.47. The number of carbonyl (C=O) groups excluding carboxylic acids is 1. The number of nitrogens with one attached hydrogen (secondary N) is 1. The third-order valence-electron chi connectivity index (χ3n) is 5.83. The topological polar surface area (TPSA) is 106 Å². The molecule has 2 atom stereocenters. The summed E-state index contributed by atoms with van der Waals surface area (Å²) in [6.45, 7) is 2.99. The highest BCUT2D eigenvalue weighted by molar-refractivity contribution is 7.13. The molecule has 0 spiro atoms. The molecule has 2 aromatic carbocycles. The Balaban J connectivity index is 1.38. The lowest BCUT2D eigenvalue weighted by atomic mass is 9.91. The lowest BCUT2D eigenvalue weighted by Gasteiger charge is -2.29. The predicted molar refractivity (Wildman–Crippen MR) is 131 cm³/mol. The first kappa shape index (κ1) is 24.2. The Morgan fingerprint density at radius 1 is 1.12 bits per heavy atom. The number of piperidine rings is 1. The van der Waals surface area contributed by atoms with E-state index >= 15 is 0 Å². The zero-order valence-electron chi connectivity index (χ0n) is 18.5. The maximum absolute atomic E-state index is 12.3. The summed E-state index contributed by atoms with van der Waals surface area (Å²) in [6, 6.07) is 16.9. The Kier molecular flexibility index (Phi) is 9.47. The third kappa shape index (κ3) is 7.90. The van der Waals surface area contributed by atoms with Crippen LogP contribution in [0.3, 0.4) is 0 Å². The van der Waals surface area contributed by atoms with Gasteiger partial charge in [0.1, 0.15) is 6.61 Å². The summed E-state index contributed by atoms with van der Waals surface area (Å²) < 4.78 is 2.27. The zero-order chi connectivity index (χ0) is 22.8. The molecule has 1 unspecified atom stereocenters. The van der Waals surface area contributed by atoms with Crippen molar-refractivity contribution in [3.8, 4) is 0 Å². The van der Waals surface area contributed by atoms with Crippen LogP contribution in [0.15, 0.2) is 59.8 Å². The monoisotopic (exact) mass is 455 g/mol. The molecule has 1 heterocycles. The number of nitrogens with zero attached hydrogens (tertiary/aromatic N) is 2. The van der Waals surface area contributed by atoms with Gasteiger partial charge in [-0.25, -0.2) is 0 Å². The molecule has 2 aromatic rings. The van der Waals surface area contributed by atoms with E-state index in [0.717, 1.165) is 42.6 Å². The Labute approximate surface area is 192 Å². The quantitative estimate of drug-likeness (QED) is 0.221. The van der Waals surface area contributed by atoms with Crippen LogP contribution in [0.2, 0.25) is 0 Å². The van der Waals surface area contributed by atoms with Gasteiger partial charge in [-0.2, -0.15) is 0 Å². The number of nitrogens with two attached hydrogens (primary N) is 2. The van der Waals surface area contributed by atoms with Crippen LogP contribution in [0.25, 0.3) is 0 Å². The molecule has 32 heavy (non-hydrogen) atoms. The van der Waals surface area contributed by atoms with Gasteiger partial charge in [-0.1, -0.05) is 69.1 Å². The average Bonchev–Trinajstić information content (AvgIpc) is 2.83. The standard InChI is InChI=1S/C24H34N5O2P/c25-22(11-8-18-12-14-29(32)15-13-18)24(30)27-16-19-6-9-21(10-7-19)23(26)28-31-17-20-4-2-1-3-5-20/h1-7,9-10,18,22H,8,11-17,25,32H2,(H2,26,28)(H,27,30)/t22-/m0/s1. The van der Waals surface area contributed by atoms with E-state index in [0.29, 0.717) is 24.9 Å². The molecule has 1 saturated heterocycles. The Morgan fingerprint density at radius 3 is 2.50 bits per heavy atom. The van der Waals surface area contributed by atoms with Crippen LogP contribution in [0.4, 0.5) is 0 Å². The summed E-state index contributed by atoms with van der Waals surface area (Å²) in [4.78, 5) is 17.7. The van der Waals surface area contributed by atoms with E-state index in [1.54, 1.807) is 0 Å². The molecule has 0 saturated carbocycles. The Morgan fingerprint density at radius 2 is 1.81 bits per heavy atom. The number of hydrogen-bond acceptors (Lipinski definition) is 5. The summed E-state index contributed by atoms with van der Waals surface area (Å²) in [5.74, 6) is 0.876. The molecule has 7 nitrogen and oxygen atoms in total. The molecule has 0 aromatic heterocycles. The van der Waals surface area contributed by atoms with Gasteiger partial charge < -0.3 is 21.6 Å². The van der Waals surface area contributed by atoms with Crippen molar-refractivity contribution in [2.75, 3.05) is 13.1 Å². The van der Waals surface area contributed by atoms with Crippen molar-refractivity contribution in [1.29, 1.82) is 0 Å². The number of carbonyl (C=O) groups is 1. The van der Waals surface area contributed by atoms with E-state index < -0.39 is 6.04 Å². The maximum atomic E-state index is 12.3. The molecular weight excluding hydrogens is 421 g/mol. The van der Waals surface area contributed by atoms with E-state index in [9.17, 15) is 4.79 Å². The molecule has 3 rings (SSSR count). The molecule has 0 radical (unpaired) electrons. The van der Waals surface area contributed by atoms with Gasteiger partial charge in [-0.3, -0.25) is 9.46 Å². The normalized spacial score (nSPS) is 16.5. The van der Waals surface area contributed by atoms with Gasteiger partial charge in [0.2, 0.25) is 5.91 Å². The van der Waals surface area contributed by atoms with Gasteiger partial charge in [0.25, 0.3) is 0 Å². The SMILES string of the molecule is NC(=NOCc1ccccc1)c1ccc(CNC(=O)[C@@H](N)CCC2CCN(P)CC2)cc1. The van der Waals surface area contributed by atoms with Crippen molar-refractivity contribution in [2.45, 2.75) is 44.9 Å². The molecule has 1 aliphatic heterocycles. The smallest absolute Gasteiger partial charge is 0.237 e. The molecule has 1 amide bonds. The highest BCUT2D eigenvalue weighted by atomic mass is 31.0. The van der Waals surface area contributed by atoms with Crippen LogP contribution < -0.4 is 16.8 Å². The second-order valence-corrected chi connectivity index (χ2v) is 9.04. The van der Waals surface area contributed by atoms with Gasteiger partial charge in [0.05, 0.1) is 6.04 Å². The highest BCUT2D eigenvalue weighted by Crippen LogP contribution is 2.23. The lowest BCUT2D eigenvalue weighted by Crippen LogP contribution is -2.40. The lowest BCUT2D eigenvalue weighted by molar-refractivity contribution is -0.122. The minimum absolute atomic E-state index is 0.104. The van der Waals surface area contributed by atoms with Gasteiger partial charge >= 0.3 is 0 Å². The van der Waals surface area contributed by atoms with E-state index in [4.69, 9.17) is 16.3 Å². The zero-order valence-corrected chi connectivity index (χ0v) is 19.6. The van der Waals surface area contributed by atoms with Crippen molar-refractivity contribution in [3.05, 3.63) is 71.3 Å². The molecule has 1 fully saturated rings. The van der Waals surface area contributed by atoms with E-state index in [1.165, 1.54) is 12.8 Å². The summed E-state index contributed by atoms with van der Waals surface area (Å²) in [5.41, 5.74) is 14.9. The van der Waals surface area contributed by atoms with Crippen molar-refractivity contribution in [1.82, 2.24) is 9.99 Å². The number of benzene rings is 2. The third-order valence-corrected chi connectivity index (χ3v) is 6.34. The molecule has 5 N–H and O–H groups in total. The molecule has 0 bridgehead atoms. The highest BCUT2D eigenvalue weighted by Gasteiger charge is 2.20. The molecule has 8 heteroatoms. The minimum atomic E-state index is -0.465. The van der Waals surface area contributed by atoms with Crippen LogP contribution >= 0.6 is 9.39 Å². The predicted octanol–water partition coefficient (Wildman–Crippen LogP) is 2.75. The van der Waals surface area contributed by atoms with E-state index in [2.05, 4.69) is 24.5 Å². The summed E-state index contributed by atoms with van der Waals surface area (Å²) in [5, 5.41) is 6.92. The van der Waals surface area contributed by atoms with E-state index in [-0.39, 0.29) is 5.91 Å². The first-order valence-electron chi connectivity index (χ1n) is 11.1. The van der Waals surface area contributed by atoms with Crippen LogP contribution in [0.5, 0.6) is 0 Å². The molecule has 0 aliphatic carbocycles.